The Balaban J connectivity index is 1.61. The molecule has 2 heterocycles. The summed E-state index contributed by atoms with van der Waals surface area (Å²) < 4.78 is 0.894. The van der Waals surface area contributed by atoms with E-state index in [1.54, 1.807) is 6.21 Å². The first-order valence-electron chi connectivity index (χ1n) is 7.06. The molecule has 0 bridgehead atoms. The highest BCUT2D eigenvalue weighted by Crippen LogP contribution is 2.31. The molecule has 4 rings (SSSR count). The van der Waals surface area contributed by atoms with Gasteiger partial charge in [-0.2, -0.15) is 5.10 Å². The summed E-state index contributed by atoms with van der Waals surface area (Å²) in [5.41, 5.74) is 2.58. The van der Waals surface area contributed by atoms with Gasteiger partial charge in [0.2, 0.25) is 5.13 Å². The van der Waals surface area contributed by atoms with Gasteiger partial charge in [-0.1, -0.05) is 56.5 Å². The van der Waals surface area contributed by atoms with E-state index < -0.39 is 0 Å². The van der Waals surface area contributed by atoms with Crippen LogP contribution in [0.2, 0.25) is 10.2 Å². The number of hydrogen-bond donors (Lipinski definition) is 1. The van der Waals surface area contributed by atoms with Crippen molar-refractivity contribution in [2.75, 3.05) is 0 Å². The van der Waals surface area contributed by atoms with E-state index in [-0.39, 0.29) is 0 Å². The fraction of sp³-hybridized carbons (Fsp3) is 0. The van der Waals surface area contributed by atoms with Crippen molar-refractivity contribution < 1.29 is 0 Å². The molecule has 0 aliphatic carbocycles. The zero-order valence-corrected chi connectivity index (χ0v) is 16.3. The third-order valence-corrected chi connectivity index (χ3v) is 5.22. The standard InChI is InChI=1S/C16H8BrCl2N5S/c17-10-3-8(4-11(18)6-10)7-20-16-24-23-15(25-16)9-1-2-12-13(5-9)21-22-14(12)19/h1-7H,(H,21,22)/b20-7+. The number of rotatable bonds is 3. The molecule has 0 aliphatic rings. The van der Waals surface area contributed by atoms with E-state index in [4.69, 9.17) is 23.2 Å². The summed E-state index contributed by atoms with van der Waals surface area (Å²) in [6.07, 6.45) is 1.71. The Hall–Kier alpha value is -1.80. The van der Waals surface area contributed by atoms with E-state index in [2.05, 4.69) is 41.3 Å². The van der Waals surface area contributed by atoms with Crippen LogP contribution in [0.1, 0.15) is 5.56 Å². The van der Waals surface area contributed by atoms with Gasteiger partial charge in [0.15, 0.2) is 0 Å². The second-order valence-electron chi connectivity index (χ2n) is 5.12. The monoisotopic (exact) mass is 451 g/mol. The van der Waals surface area contributed by atoms with Crippen LogP contribution in [-0.2, 0) is 0 Å². The van der Waals surface area contributed by atoms with E-state index in [0.29, 0.717) is 15.3 Å². The third kappa shape index (κ3) is 3.59. The molecule has 0 spiro atoms. The summed E-state index contributed by atoms with van der Waals surface area (Å²) in [7, 11) is 0. The summed E-state index contributed by atoms with van der Waals surface area (Å²) in [5.74, 6) is 0. The highest BCUT2D eigenvalue weighted by Gasteiger charge is 2.09. The van der Waals surface area contributed by atoms with Gasteiger partial charge >= 0.3 is 0 Å². The number of benzene rings is 2. The quantitative estimate of drug-likeness (QED) is 0.393. The second kappa shape index (κ2) is 6.84. The normalized spacial score (nSPS) is 11.6. The number of nitrogens with zero attached hydrogens (tertiary/aromatic N) is 4. The van der Waals surface area contributed by atoms with Crippen molar-refractivity contribution in [3.63, 3.8) is 0 Å². The van der Waals surface area contributed by atoms with E-state index in [0.717, 1.165) is 31.5 Å². The first-order chi connectivity index (χ1) is 12.1. The van der Waals surface area contributed by atoms with E-state index >= 15 is 0 Å². The summed E-state index contributed by atoms with van der Waals surface area (Å²) in [5, 5.41) is 18.6. The van der Waals surface area contributed by atoms with Gasteiger partial charge in [-0.3, -0.25) is 5.10 Å². The average molecular weight is 453 g/mol. The molecule has 0 atom stereocenters. The van der Waals surface area contributed by atoms with Gasteiger partial charge in [0.25, 0.3) is 0 Å². The third-order valence-electron chi connectivity index (χ3n) is 3.38. The molecule has 124 valence electrons. The second-order valence-corrected chi connectivity index (χ2v) is 7.81. The summed E-state index contributed by atoms with van der Waals surface area (Å²) in [6.45, 7) is 0. The highest BCUT2D eigenvalue weighted by molar-refractivity contribution is 9.10. The maximum Gasteiger partial charge on any atom is 0.231 e. The molecule has 5 nitrogen and oxygen atoms in total. The lowest BCUT2D eigenvalue weighted by molar-refractivity contribution is 1.09. The molecule has 0 radical (unpaired) electrons. The minimum atomic E-state index is 0.525. The number of nitrogens with one attached hydrogen (secondary N) is 1. The van der Waals surface area contributed by atoms with Crippen LogP contribution in [0.3, 0.4) is 0 Å². The SMILES string of the molecule is Clc1cc(Br)cc(/C=N/c2nnc(-c3ccc4c(Cl)[nH]nc4c3)s2)c1. The minimum absolute atomic E-state index is 0.525. The topological polar surface area (TPSA) is 66.8 Å². The number of H-pyrrole nitrogens is 1. The fourth-order valence-corrected chi connectivity index (χ4v) is 4.05. The zero-order chi connectivity index (χ0) is 17.4. The first kappa shape index (κ1) is 16.7. The van der Waals surface area contributed by atoms with Gasteiger partial charge in [-0.05, 0) is 35.9 Å². The number of aromatic amines is 1. The van der Waals surface area contributed by atoms with Crippen molar-refractivity contribution in [2.24, 2.45) is 4.99 Å². The molecular formula is C16H8BrCl2N5S. The number of halogens is 3. The smallest absolute Gasteiger partial charge is 0.231 e. The molecule has 1 N–H and O–H groups in total. The summed E-state index contributed by atoms with van der Waals surface area (Å²) in [6, 6.07) is 11.3. The van der Waals surface area contributed by atoms with E-state index in [9.17, 15) is 0 Å². The lowest BCUT2D eigenvalue weighted by atomic mass is 10.2. The maximum absolute atomic E-state index is 6.03. The van der Waals surface area contributed by atoms with Crippen LogP contribution in [0.15, 0.2) is 45.9 Å². The highest BCUT2D eigenvalue weighted by atomic mass is 79.9. The van der Waals surface area contributed by atoms with Gasteiger partial charge < -0.3 is 0 Å². The Morgan fingerprint density at radius 2 is 2.00 bits per heavy atom. The van der Waals surface area contributed by atoms with Gasteiger partial charge in [0.05, 0.1) is 5.52 Å². The Bertz CT molecular complexity index is 1080. The van der Waals surface area contributed by atoms with Crippen molar-refractivity contribution in [2.45, 2.75) is 0 Å². The Morgan fingerprint density at radius 3 is 2.84 bits per heavy atom. The van der Waals surface area contributed by atoms with Crippen molar-refractivity contribution in [3.8, 4) is 10.6 Å². The fourth-order valence-electron chi connectivity index (χ4n) is 2.28. The molecule has 0 aliphatic heterocycles. The summed E-state index contributed by atoms with van der Waals surface area (Å²) in [4.78, 5) is 4.37. The van der Waals surface area contributed by atoms with Crippen LogP contribution in [0.4, 0.5) is 5.13 Å². The Labute approximate surface area is 164 Å². The molecule has 0 saturated heterocycles. The van der Waals surface area contributed by atoms with Crippen molar-refractivity contribution in [1.29, 1.82) is 0 Å². The van der Waals surface area contributed by atoms with Crippen LogP contribution in [0, 0.1) is 0 Å². The molecule has 0 amide bonds. The van der Waals surface area contributed by atoms with Crippen LogP contribution < -0.4 is 0 Å². The predicted octanol–water partition coefficient (Wildman–Crippen LogP) is 5.90. The minimum Gasteiger partial charge on any atom is -0.266 e. The summed E-state index contributed by atoms with van der Waals surface area (Å²) >= 11 is 16.9. The molecule has 0 saturated carbocycles. The van der Waals surface area contributed by atoms with Crippen molar-refractivity contribution in [3.05, 3.63) is 56.6 Å². The van der Waals surface area contributed by atoms with Crippen LogP contribution in [0.5, 0.6) is 0 Å². The van der Waals surface area contributed by atoms with Crippen LogP contribution in [0.25, 0.3) is 21.5 Å². The van der Waals surface area contributed by atoms with Gasteiger partial charge in [-0.25, -0.2) is 4.99 Å². The lowest BCUT2D eigenvalue weighted by Gasteiger charge is -1.96. The molecule has 9 heteroatoms. The number of fused-ring (bicyclic) bond motifs is 1. The Morgan fingerprint density at radius 1 is 1.12 bits per heavy atom. The number of hydrogen-bond acceptors (Lipinski definition) is 5. The predicted molar refractivity (Wildman–Crippen MR) is 106 cm³/mol. The average Bonchev–Trinajstić information content (AvgIpc) is 3.19. The Kier molecular flexibility index (Phi) is 4.56. The first-order valence-corrected chi connectivity index (χ1v) is 9.43. The van der Waals surface area contributed by atoms with Crippen molar-refractivity contribution >= 4 is 72.7 Å². The van der Waals surface area contributed by atoms with Gasteiger partial charge in [0, 0.05) is 26.7 Å². The van der Waals surface area contributed by atoms with Crippen molar-refractivity contribution in [1.82, 2.24) is 20.4 Å². The molecule has 4 aromatic rings. The molecular weight excluding hydrogens is 445 g/mol. The largest absolute Gasteiger partial charge is 0.266 e. The molecule has 2 aromatic carbocycles. The molecule has 0 unspecified atom stereocenters. The molecule has 2 aromatic heterocycles. The lowest BCUT2D eigenvalue weighted by Crippen LogP contribution is -1.80. The van der Waals surface area contributed by atoms with E-state index in [1.807, 2.05) is 36.4 Å². The van der Waals surface area contributed by atoms with Gasteiger partial charge in [-0.15, -0.1) is 10.2 Å². The van der Waals surface area contributed by atoms with Gasteiger partial charge in [0.1, 0.15) is 10.2 Å². The van der Waals surface area contributed by atoms with E-state index in [1.165, 1.54) is 11.3 Å². The van der Waals surface area contributed by atoms with Crippen LogP contribution >= 0.6 is 50.5 Å². The zero-order valence-electron chi connectivity index (χ0n) is 12.4. The maximum atomic E-state index is 6.03. The number of aromatic nitrogens is 4. The number of aliphatic imine (C=N–C) groups is 1. The molecule has 25 heavy (non-hydrogen) atoms. The van der Waals surface area contributed by atoms with Crippen LogP contribution in [-0.4, -0.2) is 26.6 Å². The molecule has 0 fully saturated rings.